The summed E-state index contributed by atoms with van der Waals surface area (Å²) < 4.78 is 32.5. The molecule has 0 aromatic rings. The van der Waals surface area contributed by atoms with Gasteiger partial charge in [0.15, 0.2) is 6.10 Å². The van der Waals surface area contributed by atoms with Gasteiger partial charge in [0, 0.05) is 12.8 Å². The van der Waals surface area contributed by atoms with Crippen molar-refractivity contribution in [1.82, 2.24) is 0 Å². The number of carbonyl (C=O) groups is 3. The monoisotopic (exact) mass is 767 g/mol. The minimum Gasteiger partial charge on any atom is -0.480 e. The van der Waals surface area contributed by atoms with Gasteiger partial charge in [0.2, 0.25) is 0 Å². The number of carboxylic acid groups (broad SMARTS) is 1. The van der Waals surface area contributed by atoms with E-state index >= 15 is 0 Å². The van der Waals surface area contributed by atoms with Crippen molar-refractivity contribution in [3.05, 3.63) is 60.8 Å². The fourth-order valence-corrected chi connectivity index (χ4v) is 5.65. The molecule has 0 heterocycles. The number of hydrogen-bond acceptors (Lipinski definition) is 9. The van der Waals surface area contributed by atoms with Crippen LogP contribution in [0.4, 0.5) is 0 Å². The van der Waals surface area contributed by atoms with E-state index in [0.717, 1.165) is 77.0 Å². The highest BCUT2D eigenvalue weighted by atomic mass is 31.2. The van der Waals surface area contributed by atoms with Crippen LogP contribution in [0.5, 0.6) is 0 Å². The summed E-state index contributed by atoms with van der Waals surface area (Å²) in [5, 5.41) is 8.87. The summed E-state index contributed by atoms with van der Waals surface area (Å²) in [5.41, 5.74) is 5.32. The zero-order valence-corrected chi connectivity index (χ0v) is 33.5. The van der Waals surface area contributed by atoms with Crippen LogP contribution in [0, 0.1) is 0 Å². The minimum absolute atomic E-state index is 0.105. The predicted octanol–water partition coefficient (Wildman–Crippen LogP) is 10.00. The molecule has 0 fully saturated rings. The molecule has 304 valence electrons. The van der Waals surface area contributed by atoms with Gasteiger partial charge in [-0.3, -0.25) is 23.4 Å². The molecule has 0 aliphatic carbocycles. The van der Waals surface area contributed by atoms with E-state index in [-0.39, 0.29) is 19.4 Å². The second-order valence-electron chi connectivity index (χ2n) is 13.0. The first kappa shape index (κ1) is 50.2. The number of nitrogens with two attached hydrogens (primary N) is 1. The Morgan fingerprint density at radius 2 is 1.06 bits per heavy atom. The van der Waals surface area contributed by atoms with Crippen molar-refractivity contribution >= 4 is 25.7 Å². The molecule has 0 amide bonds. The van der Waals surface area contributed by atoms with Crippen molar-refractivity contribution in [2.24, 2.45) is 5.73 Å². The summed E-state index contributed by atoms with van der Waals surface area (Å²) >= 11 is 0. The highest BCUT2D eigenvalue weighted by molar-refractivity contribution is 7.47. The van der Waals surface area contributed by atoms with E-state index in [9.17, 15) is 23.8 Å². The number of allylic oxidation sites excluding steroid dienone is 10. The molecule has 3 unspecified atom stereocenters. The number of carbonyl (C=O) groups excluding carboxylic acids is 2. The Labute approximate surface area is 319 Å². The molecule has 0 saturated carbocycles. The smallest absolute Gasteiger partial charge is 0.472 e. The van der Waals surface area contributed by atoms with E-state index in [2.05, 4.69) is 79.1 Å². The fourth-order valence-electron chi connectivity index (χ4n) is 4.87. The number of unbranched alkanes of at least 4 members (excludes halogenated alkanes) is 12. The first-order chi connectivity index (χ1) is 25.6. The van der Waals surface area contributed by atoms with Crippen molar-refractivity contribution in [2.75, 3.05) is 19.8 Å². The number of esters is 2. The maximum absolute atomic E-state index is 12.6. The molecule has 0 aromatic carbocycles. The minimum atomic E-state index is -4.73. The molecule has 0 rings (SSSR count). The molecule has 0 saturated heterocycles. The van der Waals surface area contributed by atoms with Crippen LogP contribution in [0.1, 0.15) is 149 Å². The number of ether oxygens (including phenoxy) is 2. The zero-order valence-electron chi connectivity index (χ0n) is 32.6. The molecular weight excluding hydrogens is 697 g/mol. The highest BCUT2D eigenvalue weighted by Gasteiger charge is 2.28. The van der Waals surface area contributed by atoms with E-state index in [4.69, 9.17) is 24.8 Å². The molecule has 53 heavy (non-hydrogen) atoms. The van der Waals surface area contributed by atoms with E-state index in [1.165, 1.54) is 32.1 Å². The van der Waals surface area contributed by atoms with Crippen LogP contribution in [0.3, 0.4) is 0 Å². The molecule has 0 spiro atoms. The van der Waals surface area contributed by atoms with E-state index in [0.29, 0.717) is 12.8 Å². The van der Waals surface area contributed by atoms with Gasteiger partial charge < -0.3 is 25.2 Å². The Hall–Kier alpha value is -2.82. The van der Waals surface area contributed by atoms with Crippen molar-refractivity contribution in [2.45, 2.75) is 161 Å². The Morgan fingerprint density at radius 3 is 1.64 bits per heavy atom. The molecular formula is C41H70NO10P. The van der Waals surface area contributed by atoms with Crippen molar-refractivity contribution in [3.8, 4) is 0 Å². The molecule has 0 aromatic heterocycles. The van der Waals surface area contributed by atoms with Gasteiger partial charge in [-0.15, -0.1) is 0 Å². The lowest BCUT2D eigenvalue weighted by Gasteiger charge is -2.20. The molecule has 0 bridgehead atoms. The van der Waals surface area contributed by atoms with Gasteiger partial charge in [-0.1, -0.05) is 120 Å². The van der Waals surface area contributed by atoms with E-state index < -0.39 is 51.1 Å². The average Bonchev–Trinajstić information content (AvgIpc) is 3.13. The lowest BCUT2D eigenvalue weighted by molar-refractivity contribution is -0.161. The summed E-state index contributed by atoms with van der Waals surface area (Å²) in [6, 6.07) is -1.53. The first-order valence-electron chi connectivity index (χ1n) is 19.8. The number of rotatable bonds is 36. The third-order valence-corrected chi connectivity index (χ3v) is 8.95. The summed E-state index contributed by atoms with van der Waals surface area (Å²) in [4.78, 5) is 45.8. The first-order valence-corrected chi connectivity index (χ1v) is 21.3. The molecule has 12 heteroatoms. The van der Waals surface area contributed by atoms with Gasteiger partial charge in [0.05, 0.1) is 13.2 Å². The maximum atomic E-state index is 12.6. The lowest BCUT2D eigenvalue weighted by Crippen LogP contribution is -2.34. The van der Waals surface area contributed by atoms with Crippen molar-refractivity contribution in [3.63, 3.8) is 0 Å². The van der Waals surface area contributed by atoms with Crippen molar-refractivity contribution < 1.29 is 47.5 Å². The van der Waals surface area contributed by atoms with Crippen LogP contribution in [-0.2, 0) is 37.5 Å². The van der Waals surface area contributed by atoms with Gasteiger partial charge in [0.25, 0.3) is 0 Å². The zero-order chi connectivity index (χ0) is 39.3. The Bertz CT molecular complexity index is 1130. The van der Waals surface area contributed by atoms with Crippen molar-refractivity contribution in [1.29, 1.82) is 0 Å². The maximum Gasteiger partial charge on any atom is 0.472 e. The molecule has 11 nitrogen and oxygen atoms in total. The standard InChI is InChI=1S/C41H70NO10P/c1-3-5-7-9-11-13-15-17-19-21-23-25-27-29-31-33-40(44)52-37(35-50-53(47,48)51-36-38(42)41(45)46)34-49-39(43)32-30-28-26-24-22-20-18-16-14-12-10-8-6-4-2/h5,7,11,13,16-19,23,25,37-38H,3-4,6,8-10,12,14-15,20-22,24,26-36,42H2,1-2H3,(H,45,46)(H,47,48)/b7-5-,13-11-,18-16-,19-17-,25-23-. The summed E-state index contributed by atoms with van der Waals surface area (Å²) in [6.07, 6.45) is 40.1. The second kappa shape index (κ2) is 36.2. The Morgan fingerprint density at radius 1 is 0.604 bits per heavy atom. The van der Waals surface area contributed by atoms with E-state index in [1.807, 2.05) is 0 Å². The molecule has 4 N–H and O–H groups in total. The van der Waals surface area contributed by atoms with E-state index in [1.54, 1.807) is 0 Å². The van der Waals surface area contributed by atoms with Gasteiger partial charge in [-0.25, -0.2) is 4.57 Å². The molecule has 0 radical (unpaired) electrons. The fraction of sp³-hybridized carbons (Fsp3) is 0.683. The molecule has 3 atom stereocenters. The summed E-state index contributed by atoms with van der Waals surface area (Å²) in [5.74, 6) is -2.45. The van der Waals surface area contributed by atoms with Gasteiger partial charge in [-0.2, -0.15) is 0 Å². The third-order valence-electron chi connectivity index (χ3n) is 8.00. The number of carboxylic acids is 1. The lowest BCUT2D eigenvalue weighted by atomic mass is 10.1. The van der Waals surface area contributed by atoms with Crippen LogP contribution < -0.4 is 5.73 Å². The van der Waals surface area contributed by atoms with Crippen LogP contribution in [0.25, 0.3) is 0 Å². The highest BCUT2D eigenvalue weighted by Crippen LogP contribution is 2.43. The largest absolute Gasteiger partial charge is 0.480 e. The second-order valence-corrected chi connectivity index (χ2v) is 14.5. The normalized spacial score (nSPS) is 14.5. The third kappa shape index (κ3) is 36.0. The van der Waals surface area contributed by atoms with Crippen LogP contribution in [0.15, 0.2) is 60.8 Å². The summed E-state index contributed by atoms with van der Waals surface area (Å²) in [7, 11) is -4.73. The number of hydrogen-bond donors (Lipinski definition) is 3. The predicted molar refractivity (Wildman–Crippen MR) is 212 cm³/mol. The SMILES string of the molecule is CC/C=C\C/C=C\C/C=C\C/C=C\CCCCC(=O)OC(COC(=O)CCCCCCC/C=C\CCCCCCC)COP(=O)(O)OCC(N)C(=O)O. The Balaban J connectivity index is 4.52. The van der Waals surface area contributed by atoms with Gasteiger partial charge in [0.1, 0.15) is 12.6 Å². The quantitative estimate of drug-likeness (QED) is 0.0240. The summed E-state index contributed by atoms with van der Waals surface area (Å²) in [6.45, 7) is 2.60. The van der Waals surface area contributed by atoms with Gasteiger partial charge in [-0.05, 0) is 77.0 Å². The average molecular weight is 768 g/mol. The van der Waals surface area contributed by atoms with Crippen LogP contribution >= 0.6 is 7.82 Å². The van der Waals surface area contributed by atoms with Gasteiger partial charge >= 0.3 is 25.7 Å². The number of phosphoric acid groups is 1. The topological polar surface area (TPSA) is 172 Å². The number of phosphoric ester groups is 1. The molecule has 0 aliphatic heterocycles. The molecule has 0 aliphatic rings. The van der Waals surface area contributed by atoms with Crippen LogP contribution in [0.2, 0.25) is 0 Å². The number of aliphatic carboxylic acids is 1. The van der Waals surface area contributed by atoms with Crippen LogP contribution in [-0.4, -0.2) is 59.9 Å². The Kier molecular flexibility index (Phi) is 34.2.